The van der Waals surface area contributed by atoms with Crippen molar-refractivity contribution >= 4 is 5.91 Å². The van der Waals surface area contributed by atoms with Gasteiger partial charge in [-0.15, -0.1) is 0 Å². The summed E-state index contributed by atoms with van der Waals surface area (Å²) in [5.41, 5.74) is 3.00. The Bertz CT molecular complexity index is 794. The topological polar surface area (TPSA) is 51.1 Å². The molecule has 0 saturated carbocycles. The summed E-state index contributed by atoms with van der Waals surface area (Å²) >= 11 is 0. The Hall–Kier alpha value is -2.36. The van der Waals surface area contributed by atoms with E-state index in [1.807, 2.05) is 44.2 Å². The maximum atomic E-state index is 12.9. The van der Waals surface area contributed by atoms with E-state index in [0.29, 0.717) is 13.1 Å². The first-order valence-electron chi connectivity index (χ1n) is 10.1. The molecule has 0 aliphatic carbocycles. The summed E-state index contributed by atoms with van der Waals surface area (Å²) in [4.78, 5) is 25.4. The fraction of sp³-hybridized carbons (Fsp3) is 0.478. The predicted molar refractivity (Wildman–Crippen MR) is 111 cm³/mol. The first-order valence-corrected chi connectivity index (χ1v) is 10.1. The van der Waals surface area contributed by atoms with Crippen LogP contribution in [0.25, 0.3) is 0 Å². The Balaban J connectivity index is 2.05. The van der Waals surface area contributed by atoms with Gasteiger partial charge in [0.2, 0.25) is 0 Å². The Morgan fingerprint density at radius 1 is 1.00 bits per heavy atom. The maximum Gasteiger partial charge on any atom is 0.263 e. The molecule has 0 aliphatic rings. The average molecular weight is 369 g/mol. The number of carbonyl (C=O) groups is 1. The van der Waals surface area contributed by atoms with E-state index in [-0.39, 0.29) is 17.0 Å². The molecule has 27 heavy (non-hydrogen) atoms. The largest absolute Gasteiger partial charge is 0.348 e. The fourth-order valence-corrected chi connectivity index (χ4v) is 3.25. The highest BCUT2D eigenvalue weighted by Crippen LogP contribution is 2.10. The molecule has 1 aromatic carbocycles. The number of hydrogen-bond acceptors (Lipinski definition) is 2. The Morgan fingerprint density at radius 3 is 2.37 bits per heavy atom. The van der Waals surface area contributed by atoms with Crippen LogP contribution in [0.3, 0.4) is 0 Å². The van der Waals surface area contributed by atoms with E-state index in [2.05, 4.69) is 12.2 Å². The zero-order valence-electron chi connectivity index (χ0n) is 16.9. The van der Waals surface area contributed by atoms with Gasteiger partial charge in [0.25, 0.3) is 11.5 Å². The summed E-state index contributed by atoms with van der Waals surface area (Å²) in [6.45, 7) is 7.22. The van der Waals surface area contributed by atoms with Crippen molar-refractivity contribution in [2.24, 2.45) is 0 Å². The number of nitrogens with one attached hydrogen (secondary N) is 1. The van der Waals surface area contributed by atoms with Gasteiger partial charge in [-0.25, -0.2) is 0 Å². The summed E-state index contributed by atoms with van der Waals surface area (Å²) in [7, 11) is 0. The number of rotatable bonds is 10. The zero-order chi connectivity index (χ0) is 19.6. The van der Waals surface area contributed by atoms with Crippen LogP contribution in [0.15, 0.2) is 41.2 Å². The number of unbranched alkanes of at least 4 members (excludes halogenated alkanes) is 5. The van der Waals surface area contributed by atoms with Crippen molar-refractivity contribution in [1.82, 2.24) is 9.88 Å². The second kappa shape index (κ2) is 10.7. The van der Waals surface area contributed by atoms with Gasteiger partial charge in [-0.05, 0) is 37.5 Å². The van der Waals surface area contributed by atoms with Crippen LogP contribution >= 0.6 is 0 Å². The molecule has 1 heterocycles. The van der Waals surface area contributed by atoms with Crippen LogP contribution in [0.2, 0.25) is 0 Å². The van der Waals surface area contributed by atoms with Crippen molar-refractivity contribution in [3.05, 3.63) is 69.1 Å². The highest BCUT2D eigenvalue weighted by molar-refractivity contribution is 5.94. The minimum Gasteiger partial charge on any atom is -0.348 e. The molecule has 0 spiro atoms. The van der Waals surface area contributed by atoms with Crippen LogP contribution in [0, 0.1) is 13.8 Å². The second-order valence-electron chi connectivity index (χ2n) is 7.22. The molecule has 0 bridgehead atoms. The van der Waals surface area contributed by atoms with Gasteiger partial charge < -0.3 is 9.88 Å². The van der Waals surface area contributed by atoms with E-state index < -0.39 is 0 Å². The number of benzene rings is 1. The standard InChI is InChI=1S/C23H32N2O2/c1-4-5-6-7-8-12-15-25-19(3)18(2)16-21(23(25)27)22(26)24-17-20-13-10-9-11-14-20/h9-11,13-14,16H,4-8,12,15,17H2,1-3H3,(H,24,26). The first-order chi connectivity index (χ1) is 13.0. The molecule has 2 rings (SSSR count). The van der Waals surface area contributed by atoms with Crippen molar-refractivity contribution in [3.63, 3.8) is 0 Å². The minimum absolute atomic E-state index is 0.183. The lowest BCUT2D eigenvalue weighted by atomic mass is 10.1. The Morgan fingerprint density at radius 2 is 1.67 bits per heavy atom. The molecule has 0 aliphatic heterocycles. The molecule has 146 valence electrons. The Kier molecular flexibility index (Phi) is 8.31. The van der Waals surface area contributed by atoms with Crippen LogP contribution in [0.4, 0.5) is 0 Å². The summed E-state index contributed by atoms with van der Waals surface area (Å²) in [5.74, 6) is -0.302. The average Bonchev–Trinajstić information content (AvgIpc) is 2.68. The van der Waals surface area contributed by atoms with E-state index in [4.69, 9.17) is 0 Å². The summed E-state index contributed by atoms with van der Waals surface area (Å²) in [5, 5.41) is 2.87. The zero-order valence-corrected chi connectivity index (χ0v) is 16.9. The van der Waals surface area contributed by atoms with Crippen LogP contribution in [-0.4, -0.2) is 10.5 Å². The molecule has 0 saturated heterocycles. The lowest BCUT2D eigenvalue weighted by Gasteiger charge is -2.15. The highest BCUT2D eigenvalue weighted by atomic mass is 16.2. The molecule has 4 heteroatoms. The third-order valence-corrected chi connectivity index (χ3v) is 5.09. The van der Waals surface area contributed by atoms with Crippen molar-refractivity contribution in [1.29, 1.82) is 0 Å². The molecule has 0 atom stereocenters. The SMILES string of the molecule is CCCCCCCCn1c(C)c(C)cc(C(=O)NCc2ccccc2)c1=O. The van der Waals surface area contributed by atoms with E-state index >= 15 is 0 Å². The van der Waals surface area contributed by atoms with Crippen LogP contribution in [-0.2, 0) is 13.1 Å². The van der Waals surface area contributed by atoms with Crippen LogP contribution in [0.5, 0.6) is 0 Å². The summed E-state index contributed by atoms with van der Waals surface area (Å²) in [6.07, 6.45) is 7.06. The normalized spacial score (nSPS) is 10.8. The summed E-state index contributed by atoms with van der Waals surface area (Å²) < 4.78 is 1.77. The smallest absolute Gasteiger partial charge is 0.263 e. The number of hydrogen-bond donors (Lipinski definition) is 1. The van der Waals surface area contributed by atoms with Gasteiger partial charge in [-0.2, -0.15) is 0 Å². The van der Waals surface area contributed by atoms with Crippen molar-refractivity contribution < 1.29 is 4.79 Å². The van der Waals surface area contributed by atoms with E-state index in [1.165, 1.54) is 25.7 Å². The molecule has 2 aromatic rings. The van der Waals surface area contributed by atoms with E-state index in [0.717, 1.165) is 29.7 Å². The number of aryl methyl sites for hydroxylation is 1. The molecular weight excluding hydrogens is 336 g/mol. The molecule has 0 fully saturated rings. The lowest BCUT2D eigenvalue weighted by molar-refractivity contribution is 0.0948. The van der Waals surface area contributed by atoms with Crippen LogP contribution < -0.4 is 10.9 Å². The molecule has 4 nitrogen and oxygen atoms in total. The third kappa shape index (κ3) is 6.09. The minimum atomic E-state index is -0.302. The monoisotopic (exact) mass is 368 g/mol. The fourth-order valence-electron chi connectivity index (χ4n) is 3.25. The predicted octanol–water partition coefficient (Wildman–Crippen LogP) is 4.76. The van der Waals surface area contributed by atoms with Crippen LogP contribution in [0.1, 0.15) is 72.6 Å². The van der Waals surface area contributed by atoms with Gasteiger partial charge in [-0.1, -0.05) is 69.4 Å². The number of amides is 1. The molecule has 1 N–H and O–H groups in total. The maximum absolute atomic E-state index is 12.9. The number of pyridine rings is 1. The number of carbonyl (C=O) groups excluding carboxylic acids is 1. The van der Waals surface area contributed by atoms with Gasteiger partial charge in [-0.3, -0.25) is 9.59 Å². The van der Waals surface area contributed by atoms with Gasteiger partial charge in [0.1, 0.15) is 5.56 Å². The molecule has 0 unspecified atom stereocenters. The lowest BCUT2D eigenvalue weighted by Crippen LogP contribution is -2.34. The van der Waals surface area contributed by atoms with Gasteiger partial charge in [0, 0.05) is 18.8 Å². The highest BCUT2D eigenvalue weighted by Gasteiger charge is 2.15. The van der Waals surface area contributed by atoms with Gasteiger partial charge in [0.15, 0.2) is 0 Å². The van der Waals surface area contributed by atoms with Gasteiger partial charge in [0.05, 0.1) is 0 Å². The van der Waals surface area contributed by atoms with Crippen molar-refractivity contribution in [3.8, 4) is 0 Å². The molecular formula is C23H32N2O2. The van der Waals surface area contributed by atoms with Gasteiger partial charge >= 0.3 is 0 Å². The quantitative estimate of drug-likeness (QED) is 0.615. The molecule has 0 radical (unpaired) electrons. The van der Waals surface area contributed by atoms with Crippen molar-refractivity contribution in [2.75, 3.05) is 0 Å². The van der Waals surface area contributed by atoms with Crippen molar-refractivity contribution in [2.45, 2.75) is 72.4 Å². The second-order valence-corrected chi connectivity index (χ2v) is 7.22. The Labute approximate surface area is 162 Å². The number of aromatic nitrogens is 1. The molecule has 1 amide bonds. The van der Waals surface area contributed by atoms with E-state index in [9.17, 15) is 9.59 Å². The van der Waals surface area contributed by atoms with E-state index in [1.54, 1.807) is 10.6 Å². The molecule has 1 aromatic heterocycles. The summed E-state index contributed by atoms with van der Waals surface area (Å²) in [6, 6.07) is 11.4. The first kappa shape index (κ1) is 20.9. The third-order valence-electron chi connectivity index (χ3n) is 5.09. The number of nitrogens with zero attached hydrogens (tertiary/aromatic N) is 1.